The molecule has 0 bridgehead atoms. The number of fused-ring (bicyclic) bond motifs is 1. The predicted octanol–water partition coefficient (Wildman–Crippen LogP) is 3.00. The third-order valence-electron chi connectivity index (χ3n) is 6.05. The third kappa shape index (κ3) is 4.37. The minimum Gasteiger partial charge on any atom is -0.378 e. The lowest BCUT2D eigenvalue weighted by atomic mass is 9.98. The van der Waals surface area contributed by atoms with Crippen LogP contribution in [-0.4, -0.2) is 65.5 Å². The monoisotopic (exact) mass is 443 g/mol. The molecule has 2 saturated heterocycles. The number of hydrogen-bond donors (Lipinski definition) is 2. The molecule has 0 radical (unpaired) electrons. The number of morpholine rings is 1. The van der Waals surface area contributed by atoms with Gasteiger partial charge in [0.05, 0.1) is 24.2 Å². The van der Waals surface area contributed by atoms with Gasteiger partial charge in [0, 0.05) is 25.7 Å². The number of anilines is 2. The van der Waals surface area contributed by atoms with Crippen LogP contribution >= 0.6 is 0 Å². The summed E-state index contributed by atoms with van der Waals surface area (Å²) in [5, 5.41) is 6.81. The van der Waals surface area contributed by atoms with Gasteiger partial charge in [-0.05, 0) is 44.0 Å². The Balaban J connectivity index is 1.55. The summed E-state index contributed by atoms with van der Waals surface area (Å²) < 4.78 is 34.7. The lowest BCUT2D eigenvalue weighted by molar-refractivity contribution is 0.122. The highest BCUT2D eigenvalue weighted by Gasteiger charge is 2.24. The van der Waals surface area contributed by atoms with Crippen molar-refractivity contribution in [2.24, 2.45) is 5.92 Å². The molecular formula is C22H27F2N7O. The summed E-state index contributed by atoms with van der Waals surface area (Å²) in [4.78, 5) is 15.6. The lowest BCUT2D eigenvalue weighted by Crippen LogP contribution is -2.37. The summed E-state index contributed by atoms with van der Waals surface area (Å²) in [5.41, 5.74) is 1.05. The maximum Gasteiger partial charge on any atom is 0.296 e. The molecule has 2 N–H and O–H groups in total. The van der Waals surface area contributed by atoms with Gasteiger partial charge in [-0.25, -0.2) is 13.8 Å². The van der Waals surface area contributed by atoms with Gasteiger partial charge in [0.15, 0.2) is 5.82 Å². The number of hydrogen-bond acceptors (Lipinski definition) is 7. The predicted molar refractivity (Wildman–Crippen MR) is 119 cm³/mol. The molecule has 0 unspecified atom stereocenters. The van der Waals surface area contributed by atoms with Crippen molar-refractivity contribution in [3.63, 3.8) is 0 Å². The van der Waals surface area contributed by atoms with Gasteiger partial charge < -0.3 is 20.3 Å². The Bertz CT molecular complexity index is 1060. The Hall–Kier alpha value is -2.85. The molecule has 3 aromatic rings. The zero-order valence-corrected chi connectivity index (χ0v) is 17.8. The van der Waals surface area contributed by atoms with Crippen molar-refractivity contribution >= 4 is 22.7 Å². The van der Waals surface area contributed by atoms with Crippen LogP contribution in [0, 0.1) is 5.92 Å². The van der Waals surface area contributed by atoms with Crippen molar-refractivity contribution < 1.29 is 13.5 Å². The summed E-state index contributed by atoms with van der Waals surface area (Å²) in [6.07, 6.45) is -0.546. The number of nitrogens with zero attached hydrogens (tertiary/aromatic N) is 5. The molecule has 170 valence electrons. The summed E-state index contributed by atoms with van der Waals surface area (Å²) >= 11 is 0. The van der Waals surface area contributed by atoms with Crippen LogP contribution in [0.5, 0.6) is 0 Å². The molecule has 0 spiro atoms. The van der Waals surface area contributed by atoms with E-state index in [2.05, 4.69) is 30.5 Å². The SMILES string of the molecule is FC(F)c1nc2ccccc2n1-c1nc(NCC2CCNCC2)cc(N2CCOCC2)n1. The number of piperidine rings is 1. The Morgan fingerprint density at radius 2 is 1.88 bits per heavy atom. The molecule has 10 heteroatoms. The minimum atomic E-state index is -2.75. The normalized spacial score (nSPS) is 17.9. The summed E-state index contributed by atoms with van der Waals surface area (Å²) in [7, 11) is 0. The van der Waals surface area contributed by atoms with Crippen molar-refractivity contribution in [2.45, 2.75) is 19.3 Å². The van der Waals surface area contributed by atoms with E-state index < -0.39 is 6.43 Å². The molecule has 1 aromatic carbocycles. The molecule has 2 fully saturated rings. The first kappa shape index (κ1) is 21.0. The Morgan fingerprint density at radius 3 is 2.66 bits per heavy atom. The van der Waals surface area contributed by atoms with E-state index in [4.69, 9.17) is 4.74 Å². The van der Waals surface area contributed by atoms with Crippen LogP contribution in [0.2, 0.25) is 0 Å². The van der Waals surface area contributed by atoms with E-state index in [1.54, 1.807) is 24.3 Å². The second kappa shape index (κ2) is 9.33. The molecule has 32 heavy (non-hydrogen) atoms. The van der Waals surface area contributed by atoms with Crippen molar-refractivity contribution in [1.29, 1.82) is 0 Å². The molecule has 0 saturated carbocycles. The number of rotatable bonds is 6. The Morgan fingerprint density at radius 1 is 1.09 bits per heavy atom. The number of nitrogens with one attached hydrogen (secondary N) is 2. The first-order valence-corrected chi connectivity index (χ1v) is 11.1. The van der Waals surface area contributed by atoms with E-state index >= 15 is 0 Å². The molecule has 2 aliphatic heterocycles. The number of aromatic nitrogens is 4. The lowest BCUT2D eigenvalue weighted by Gasteiger charge is -2.28. The van der Waals surface area contributed by atoms with Gasteiger partial charge in [0.2, 0.25) is 5.95 Å². The number of benzene rings is 1. The van der Waals surface area contributed by atoms with Gasteiger partial charge in [-0.15, -0.1) is 0 Å². The highest BCUT2D eigenvalue weighted by Crippen LogP contribution is 2.28. The van der Waals surface area contributed by atoms with Crippen molar-refractivity contribution in [3.8, 4) is 5.95 Å². The average molecular weight is 444 g/mol. The van der Waals surface area contributed by atoms with Gasteiger partial charge in [0.1, 0.15) is 11.6 Å². The largest absolute Gasteiger partial charge is 0.378 e. The average Bonchev–Trinajstić information content (AvgIpc) is 3.24. The van der Waals surface area contributed by atoms with Crippen LogP contribution in [0.15, 0.2) is 30.3 Å². The van der Waals surface area contributed by atoms with Crippen LogP contribution in [-0.2, 0) is 4.74 Å². The van der Waals surface area contributed by atoms with Crippen molar-refractivity contribution in [3.05, 3.63) is 36.2 Å². The fourth-order valence-electron chi connectivity index (χ4n) is 4.30. The van der Waals surface area contributed by atoms with Crippen LogP contribution < -0.4 is 15.5 Å². The second-order valence-corrected chi connectivity index (χ2v) is 8.18. The zero-order valence-electron chi connectivity index (χ0n) is 17.8. The molecule has 8 nitrogen and oxygen atoms in total. The van der Waals surface area contributed by atoms with Gasteiger partial charge in [0.25, 0.3) is 6.43 Å². The standard InChI is InChI=1S/C22H27F2N7O/c23-20(24)21-27-16-3-1-2-4-17(16)31(21)22-28-18(26-14-15-5-7-25-8-6-15)13-19(29-22)30-9-11-32-12-10-30/h1-4,13,15,20,25H,5-12,14H2,(H,26,28,29). The second-order valence-electron chi connectivity index (χ2n) is 8.18. The molecule has 4 heterocycles. The molecular weight excluding hydrogens is 416 g/mol. The number of halogens is 2. The third-order valence-corrected chi connectivity index (χ3v) is 6.05. The van der Waals surface area contributed by atoms with E-state index in [9.17, 15) is 8.78 Å². The Kier molecular flexibility index (Phi) is 6.13. The topological polar surface area (TPSA) is 80.1 Å². The van der Waals surface area contributed by atoms with Gasteiger partial charge in [-0.2, -0.15) is 9.97 Å². The summed E-state index contributed by atoms with van der Waals surface area (Å²) in [6, 6.07) is 8.97. The summed E-state index contributed by atoms with van der Waals surface area (Å²) in [5.74, 6) is 1.73. The van der Waals surface area contributed by atoms with Gasteiger partial charge in [-0.3, -0.25) is 4.57 Å². The van der Waals surface area contributed by atoms with Crippen molar-refractivity contribution in [2.75, 3.05) is 56.2 Å². The maximum atomic E-state index is 13.9. The fourth-order valence-corrected chi connectivity index (χ4v) is 4.30. The summed E-state index contributed by atoms with van der Waals surface area (Å²) in [6.45, 7) is 5.40. The van der Waals surface area contributed by atoms with Crippen molar-refractivity contribution in [1.82, 2.24) is 24.8 Å². The number of ether oxygens (including phenoxy) is 1. The maximum absolute atomic E-state index is 13.9. The van der Waals surface area contributed by atoms with E-state index in [-0.39, 0.29) is 11.8 Å². The first-order valence-electron chi connectivity index (χ1n) is 11.1. The number of imidazole rings is 1. The van der Waals surface area contributed by atoms with E-state index in [1.807, 2.05) is 6.07 Å². The molecule has 2 aromatic heterocycles. The smallest absolute Gasteiger partial charge is 0.296 e. The number of alkyl halides is 2. The van der Waals surface area contributed by atoms with E-state index in [0.29, 0.717) is 54.9 Å². The molecule has 5 rings (SSSR count). The molecule has 0 amide bonds. The highest BCUT2D eigenvalue weighted by atomic mass is 19.3. The Labute approximate surface area is 185 Å². The first-order chi connectivity index (χ1) is 15.7. The quantitative estimate of drug-likeness (QED) is 0.606. The fraction of sp³-hybridized carbons (Fsp3) is 0.500. The van der Waals surface area contributed by atoms with E-state index in [1.165, 1.54) is 4.57 Å². The molecule has 2 aliphatic rings. The van der Waals surface area contributed by atoms with Gasteiger partial charge in [-0.1, -0.05) is 12.1 Å². The molecule has 0 aliphatic carbocycles. The van der Waals surface area contributed by atoms with Crippen LogP contribution in [0.4, 0.5) is 20.4 Å². The zero-order chi connectivity index (χ0) is 21.9. The minimum absolute atomic E-state index is 0.200. The number of para-hydroxylation sites is 2. The van der Waals surface area contributed by atoms with E-state index in [0.717, 1.165) is 32.5 Å². The van der Waals surface area contributed by atoms with Crippen LogP contribution in [0.3, 0.4) is 0 Å². The van der Waals surface area contributed by atoms with Crippen LogP contribution in [0.25, 0.3) is 17.0 Å². The molecule has 0 atom stereocenters. The van der Waals surface area contributed by atoms with Crippen LogP contribution in [0.1, 0.15) is 25.1 Å². The highest BCUT2D eigenvalue weighted by molar-refractivity contribution is 5.77. The van der Waals surface area contributed by atoms with Gasteiger partial charge >= 0.3 is 0 Å².